The standard InChI is InChI=1S/C15H26N6O9/c16-6(4-22)12(26)21-9(5-23)14(28)20-8(3-11(18)25)13(27)19-7(15(29)30)1-2-10(17)24/h6-9,22-23H,1-5,16H2,(H2,17,24)(H2,18,25)(H,19,27)(H,20,28)(H,21,26)(H,29,30). The molecule has 0 aromatic carbocycles. The molecule has 0 aromatic heterocycles. The van der Waals surface area contributed by atoms with E-state index in [9.17, 15) is 33.9 Å². The number of carboxylic acids is 1. The van der Waals surface area contributed by atoms with Crippen LogP contribution in [0.25, 0.3) is 0 Å². The van der Waals surface area contributed by atoms with Crippen LogP contribution in [0.15, 0.2) is 0 Å². The van der Waals surface area contributed by atoms with Crippen LogP contribution < -0.4 is 33.2 Å². The molecule has 0 aliphatic carbocycles. The molecule has 0 aliphatic heterocycles. The maximum atomic E-state index is 12.3. The Morgan fingerprint density at radius 2 is 1.23 bits per heavy atom. The Labute approximate surface area is 170 Å². The smallest absolute Gasteiger partial charge is 0.326 e. The highest BCUT2D eigenvalue weighted by molar-refractivity contribution is 5.96. The zero-order valence-electron chi connectivity index (χ0n) is 15.9. The number of hydrogen-bond acceptors (Lipinski definition) is 9. The molecule has 5 amide bonds. The largest absolute Gasteiger partial charge is 0.480 e. The predicted molar refractivity (Wildman–Crippen MR) is 97.8 cm³/mol. The first-order chi connectivity index (χ1) is 13.9. The molecule has 4 unspecified atom stereocenters. The van der Waals surface area contributed by atoms with E-state index in [0.717, 1.165) is 0 Å². The Bertz CT molecular complexity index is 671. The number of carbonyl (C=O) groups excluding carboxylic acids is 5. The number of amides is 5. The average molecular weight is 434 g/mol. The lowest BCUT2D eigenvalue weighted by molar-refractivity contribution is -0.142. The summed E-state index contributed by atoms with van der Waals surface area (Å²) < 4.78 is 0. The summed E-state index contributed by atoms with van der Waals surface area (Å²) in [7, 11) is 0. The summed E-state index contributed by atoms with van der Waals surface area (Å²) in [6, 6.07) is -6.17. The van der Waals surface area contributed by atoms with Crippen LogP contribution in [0, 0.1) is 0 Å². The maximum Gasteiger partial charge on any atom is 0.326 e. The van der Waals surface area contributed by atoms with E-state index >= 15 is 0 Å². The highest BCUT2D eigenvalue weighted by atomic mass is 16.4. The molecule has 0 heterocycles. The third-order valence-electron chi connectivity index (χ3n) is 3.68. The van der Waals surface area contributed by atoms with Gasteiger partial charge in [-0.3, -0.25) is 24.0 Å². The van der Waals surface area contributed by atoms with Crippen LogP contribution in [-0.2, 0) is 28.8 Å². The Kier molecular flexibility index (Phi) is 11.6. The molecule has 0 radical (unpaired) electrons. The SMILES string of the molecule is NC(=O)CCC(NC(=O)C(CC(N)=O)NC(=O)C(CO)NC(=O)C(N)CO)C(=O)O. The second-order valence-corrected chi connectivity index (χ2v) is 6.17. The molecule has 4 atom stereocenters. The van der Waals surface area contributed by atoms with Gasteiger partial charge >= 0.3 is 5.97 Å². The molecule has 0 fully saturated rings. The minimum Gasteiger partial charge on any atom is -0.480 e. The number of nitrogens with two attached hydrogens (primary N) is 3. The zero-order valence-corrected chi connectivity index (χ0v) is 15.9. The lowest BCUT2D eigenvalue weighted by Gasteiger charge is -2.23. The minimum atomic E-state index is -1.65. The lowest BCUT2D eigenvalue weighted by Crippen LogP contribution is -2.59. The van der Waals surface area contributed by atoms with Gasteiger partial charge in [0.1, 0.15) is 24.2 Å². The van der Waals surface area contributed by atoms with E-state index in [1.165, 1.54) is 0 Å². The highest BCUT2D eigenvalue weighted by Crippen LogP contribution is 2.01. The molecule has 0 saturated heterocycles. The molecule has 12 N–H and O–H groups in total. The molecule has 0 bridgehead atoms. The van der Waals surface area contributed by atoms with Crippen LogP contribution >= 0.6 is 0 Å². The monoisotopic (exact) mass is 434 g/mol. The Morgan fingerprint density at radius 1 is 0.733 bits per heavy atom. The van der Waals surface area contributed by atoms with Crippen LogP contribution in [0.2, 0.25) is 0 Å². The molecule has 0 rings (SSSR count). The molecular formula is C15H26N6O9. The van der Waals surface area contributed by atoms with E-state index in [0.29, 0.717) is 0 Å². The second-order valence-electron chi connectivity index (χ2n) is 6.17. The number of carbonyl (C=O) groups is 6. The van der Waals surface area contributed by atoms with Gasteiger partial charge in [0.2, 0.25) is 29.5 Å². The number of carboxylic acid groups (broad SMARTS) is 1. The molecule has 15 nitrogen and oxygen atoms in total. The Hall–Kier alpha value is -3.30. The van der Waals surface area contributed by atoms with Crippen molar-refractivity contribution in [2.45, 2.75) is 43.4 Å². The summed E-state index contributed by atoms with van der Waals surface area (Å²) in [5, 5.41) is 33.3. The van der Waals surface area contributed by atoms with Gasteiger partial charge in [0.25, 0.3) is 0 Å². The van der Waals surface area contributed by atoms with Crippen LogP contribution in [0.5, 0.6) is 0 Å². The molecule has 15 heteroatoms. The molecular weight excluding hydrogens is 408 g/mol. The van der Waals surface area contributed by atoms with Gasteiger partial charge in [0.15, 0.2) is 0 Å². The Balaban J connectivity index is 5.27. The molecule has 30 heavy (non-hydrogen) atoms. The number of primary amides is 2. The van der Waals surface area contributed by atoms with Crippen molar-refractivity contribution in [3.05, 3.63) is 0 Å². The van der Waals surface area contributed by atoms with E-state index in [1.807, 2.05) is 10.6 Å². The number of aliphatic hydroxyl groups is 2. The fraction of sp³-hybridized carbons (Fsp3) is 0.600. The van der Waals surface area contributed by atoms with E-state index < -0.39 is 79.3 Å². The van der Waals surface area contributed by atoms with Crippen LogP contribution in [0.3, 0.4) is 0 Å². The van der Waals surface area contributed by atoms with E-state index in [1.54, 1.807) is 0 Å². The van der Waals surface area contributed by atoms with E-state index in [2.05, 4.69) is 5.32 Å². The van der Waals surface area contributed by atoms with Gasteiger partial charge in [-0.2, -0.15) is 0 Å². The quantitative estimate of drug-likeness (QED) is 0.125. The predicted octanol–water partition coefficient (Wildman–Crippen LogP) is -6.02. The number of aliphatic hydroxyl groups excluding tert-OH is 2. The van der Waals surface area contributed by atoms with Crippen LogP contribution in [0.4, 0.5) is 0 Å². The first-order valence-corrected chi connectivity index (χ1v) is 8.60. The number of hydrogen-bond donors (Lipinski definition) is 9. The Morgan fingerprint density at radius 3 is 1.67 bits per heavy atom. The van der Waals surface area contributed by atoms with Crippen molar-refractivity contribution >= 4 is 35.5 Å². The van der Waals surface area contributed by atoms with Gasteiger partial charge in [0, 0.05) is 6.42 Å². The fourth-order valence-corrected chi connectivity index (χ4v) is 2.05. The first kappa shape index (κ1) is 26.7. The van der Waals surface area contributed by atoms with Crippen molar-refractivity contribution in [1.29, 1.82) is 0 Å². The number of nitrogens with one attached hydrogen (secondary N) is 3. The number of aliphatic carboxylic acids is 1. The van der Waals surface area contributed by atoms with Crippen molar-refractivity contribution < 1.29 is 44.1 Å². The summed E-state index contributed by atoms with van der Waals surface area (Å²) >= 11 is 0. The number of rotatable bonds is 14. The summed E-state index contributed by atoms with van der Waals surface area (Å²) in [4.78, 5) is 69.5. The van der Waals surface area contributed by atoms with Crippen LogP contribution in [-0.4, -0.2) is 88.2 Å². The van der Waals surface area contributed by atoms with Crippen molar-refractivity contribution in [2.75, 3.05) is 13.2 Å². The molecule has 0 saturated carbocycles. The fourth-order valence-electron chi connectivity index (χ4n) is 2.05. The second kappa shape index (κ2) is 13.0. The first-order valence-electron chi connectivity index (χ1n) is 8.60. The summed E-state index contributed by atoms with van der Waals surface area (Å²) in [5.74, 6) is -6.52. The minimum absolute atomic E-state index is 0.345. The average Bonchev–Trinajstić information content (AvgIpc) is 2.66. The lowest BCUT2D eigenvalue weighted by atomic mass is 10.1. The van der Waals surface area contributed by atoms with Gasteiger partial charge < -0.3 is 48.5 Å². The summed E-state index contributed by atoms with van der Waals surface area (Å²) in [6.45, 7) is -1.66. The van der Waals surface area contributed by atoms with Crippen molar-refractivity contribution in [2.24, 2.45) is 17.2 Å². The van der Waals surface area contributed by atoms with Crippen molar-refractivity contribution in [1.82, 2.24) is 16.0 Å². The topological polar surface area (TPSA) is 277 Å². The van der Waals surface area contributed by atoms with Gasteiger partial charge in [-0.1, -0.05) is 0 Å². The van der Waals surface area contributed by atoms with Gasteiger partial charge in [0.05, 0.1) is 19.6 Å². The van der Waals surface area contributed by atoms with Gasteiger partial charge in [-0.15, -0.1) is 0 Å². The van der Waals surface area contributed by atoms with Crippen LogP contribution in [0.1, 0.15) is 19.3 Å². The summed E-state index contributed by atoms with van der Waals surface area (Å²) in [6.07, 6.45) is -1.43. The third-order valence-corrected chi connectivity index (χ3v) is 3.68. The zero-order chi connectivity index (χ0) is 23.4. The normalized spacial score (nSPS) is 14.5. The van der Waals surface area contributed by atoms with Gasteiger partial charge in [-0.25, -0.2) is 4.79 Å². The third kappa shape index (κ3) is 9.76. The molecule has 0 aliphatic rings. The van der Waals surface area contributed by atoms with Gasteiger partial charge in [-0.05, 0) is 6.42 Å². The highest BCUT2D eigenvalue weighted by Gasteiger charge is 2.31. The van der Waals surface area contributed by atoms with Crippen molar-refractivity contribution in [3.63, 3.8) is 0 Å². The van der Waals surface area contributed by atoms with E-state index in [-0.39, 0.29) is 12.8 Å². The summed E-state index contributed by atoms with van der Waals surface area (Å²) in [5.41, 5.74) is 15.2. The molecule has 170 valence electrons. The maximum absolute atomic E-state index is 12.3. The van der Waals surface area contributed by atoms with Crippen molar-refractivity contribution in [3.8, 4) is 0 Å². The molecule has 0 spiro atoms. The van der Waals surface area contributed by atoms with E-state index in [4.69, 9.17) is 27.4 Å². The molecule has 0 aromatic rings.